The molecule has 1 atom stereocenters. The Morgan fingerprint density at radius 3 is 3.04 bits per heavy atom. The second kappa shape index (κ2) is 5.54. The van der Waals surface area contributed by atoms with Crippen molar-refractivity contribution < 1.29 is 9.21 Å². The topological polar surface area (TPSA) is 46.3 Å². The third-order valence-electron chi connectivity index (χ3n) is 4.47. The van der Waals surface area contributed by atoms with Gasteiger partial charge in [0.2, 0.25) is 0 Å². The van der Waals surface area contributed by atoms with Crippen LogP contribution in [-0.4, -0.2) is 22.3 Å². The zero-order valence-electron chi connectivity index (χ0n) is 13.0. The molecule has 0 radical (unpaired) electrons. The number of likely N-dealkylation sites (tertiary alicyclic amines) is 1. The maximum absolute atomic E-state index is 13.0. The van der Waals surface area contributed by atoms with E-state index in [1.54, 1.807) is 6.20 Å². The highest BCUT2D eigenvalue weighted by Crippen LogP contribution is 2.33. The zero-order valence-corrected chi connectivity index (χ0v) is 13.0. The number of fused-ring (bicyclic) bond motifs is 1. The molecule has 0 bridgehead atoms. The Morgan fingerprint density at radius 2 is 2.22 bits per heavy atom. The van der Waals surface area contributed by atoms with Crippen molar-refractivity contribution in [3.05, 3.63) is 65.7 Å². The number of rotatable bonds is 2. The maximum Gasteiger partial charge on any atom is 0.254 e. The van der Waals surface area contributed by atoms with Crippen LogP contribution in [0.3, 0.4) is 0 Å². The predicted octanol–water partition coefficient (Wildman–Crippen LogP) is 4.11. The molecule has 4 rings (SSSR count). The lowest BCUT2D eigenvalue weighted by Crippen LogP contribution is -2.30. The van der Waals surface area contributed by atoms with Gasteiger partial charge in [-0.05, 0) is 55.7 Å². The van der Waals surface area contributed by atoms with E-state index in [0.717, 1.165) is 41.7 Å². The average molecular weight is 306 g/mol. The predicted molar refractivity (Wildman–Crippen MR) is 88.2 cm³/mol. The van der Waals surface area contributed by atoms with Gasteiger partial charge in [0.05, 0.1) is 6.04 Å². The largest absolute Gasteiger partial charge is 0.461 e. The number of hydrogen-bond acceptors (Lipinski definition) is 3. The Morgan fingerprint density at radius 1 is 1.30 bits per heavy atom. The molecule has 4 nitrogen and oxygen atoms in total. The summed E-state index contributed by atoms with van der Waals surface area (Å²) < 4.78 is 5.59. The lowest BCUT2D eigenvalue weighted by atomic mass is 10.1. The summed E-state index contributed by atoms with van der Waals surface area (Å²) in [5, 5.41) is 0.977. The highest BCUT2D eigenvalue weighted by molar-refractivity contribution is 5.98. The van der Waals surface area contributed by atoms with Crippen molar-refractivity contribution in [2.75, 3.05) is 6.54 Å². The van der Waals surface area contributed by atoms with Crippen LogP contribution < -0.4 is 0 Å². The van der Waals surface area contributed by atoms with Crippen LogP contribution in [0.1, 0.15) is 40.6 Å². The van der Waals surface area contributed by atoms with Gasteiger partial charge in [-0.25, -0.2) is 0 Å². The van der Waals surface area contributed by atoms with E-state index in [9.17, 15) is 4.79 Å². The molecule has 3 aromatic rings. The number of pyridine rings is 1. The highest BCUT2D eigenvalue weighted by atomic mass is 16.3. The van der Waals surface area contributed by atoms with E-state index in [0.29, 0.717) is 5.56 Å². The molecule has 0 N–H and O–H groups in total. The van der Waals surface area contributed by atoms with Crippen LogP contribution in [0.15, 0.2) is 53.2 Å². The molecular formula is C19H18N2O2. The minimum Gasteiger partial charge on any atom is -0.461 e. The molecular weight excluding hydrogens is 288 g/mol. The van der Waals surface area contributed by atoms with E-state index in [-0.39, 0.29) is 11.9 Å². The van der Waals surface area contributed by atoms with E-state index in [1.165, 1.54) is 0 Å². The first-order valence-corrected chi connectivity index (χ1v) is 7.93. The van der Waals surface area contributed by atoms with Crippen molar-refractivity contribution in [2.45, 2.75) is 25.8 Å². The molecule has 3 heterocycles. The number of carbonyl (C=O) groups excluding carboxylic acids is 1. The third-order valence-corrected chi connectivity index (χ3v) is 4.47. The number of aryl methyl sites for hydroxylation is 1. The lowest BCUT2D eigenvalue weighted by Gasteiger charge is -2.25. The average Bonchev–Trinajstić information content (AvgIpc) is 3.19. The summed E-state index contributed by atoms with van der Waals surface area (Å²) in [6, 6.07) is 11.7. The summed E-state index contributed by atoms with van der Waals surface area (Å²) in [6.45, 7) is 2.71. The molecule has 1 aliphatic heterocycles. The summed E-state index contributed by atoms with van der Waals surface area (Å²) in [6.07, 6.45) is 5.64. The normalized spacial score (nSPS) is 17.8. The summed E-state index contributed by atoms with van der Waals surface area (Å²) >= 11 is 0. The van der Waals surface area contributed by atoms with E-state index in [1.807, 2.05) is 54.4 Å². The van der Waals surface area contributed by atoms with Gasteiger partial charge >= 0.3 is 0 Å². The number of benzene rings is 1. The summed E-state index contributed by atoms with van der Waals surface area (Å²) in [4.78, 5) is 19.1. The van der Waals surface area contributed by atoms with E-state index < -0.39 is 0 Å². The van der Waals surface area contributed by atoms with Crippen LogP contribution in [0, 0.1) is 6.92 Å². The van der Waals surface area contributed by atoms with Gasteiger partial charge in [0, 0.05) is 29.9 Å². The number of hydrogen-bond donors (Lipinski definition) is 0. The van der Waals surface area contributed by atoms with Crippen LogP contribution in [0.2, 0.25) is 0 Å². The van der Waals surface area contributed by atoms with Crippen molar-refractivity contribution in [2.24, 2.45) is 0 Å². The number of amides is 1. The molecule has 0 saturated carbocycles. The monoisotopic (exact) mass is 306 g/mol. The molecule has 1 saturated heterocycles. The van der Waals surface area contributed by atoms with Crippen LogP contribution in [-0.2, 0) is 0 Å². The number of carbonyl (C=O) groups is 1. The SMILES string of the molecule is Cc1cc2cc(C(=O)N3CCCC3c3cccnc3)ccc2o1. The smallest absolute Gasteiger partial charge is 0.254 e. The van der Waals surface area contributed by atoms with Gasteiger partial charge in [0.1, 0.15) is 11.3 Å². The van der Waals surface area contributed by atoms with Gasteiger partial charge in [-0.2, -0.15) is 0 Å². The quantitative estimate of drug-likeness (QED) is 0.715. The molecule has 116 valence electrons. The first-order valence-electron chi connectivity index (χ1n) is 7.93. The minimum atomic E-state index is 0.0807. The second-order valence-corrected chi connectivity index (χ2v) is 6.05. The minimum absolute atomic E-state index is 0.0807. The zero-order chi connectivity index (χ0) is 15.8. The molecule has 2 aromatic heterocycles. The molecule has 1 unspecified atom stereocenters. The maximum atomic E-state index is 13.0. The number of nitrogens with zero attached hydrogens (tertiary/aromatic N) is 2. The van der Waals surface area contributed by atoms with Crippen molar-refractivity contribution in [3.63, 3.8) is 0 Å². The Bertz CT molecular complexity index is 854. The van der Waals surface area contributed by atoms with Crippen LogP contribution in [0.5, 0.6) is 0 Å². The lowest BCUT2D eigenvalue weighted by molar-refractivity contribution is 0.0735. The fourth-order valence-corrected chi connectivity index (χ4v) is 3.40. The molecule has 4 heteroatoms. The molecule has 23 heavy (non-hydrogen) atoms. The number of furan rings is 1. The fraction of sp³-hybridized carbons (Fsp3) is 0.263. The molecule has 1 fully saturated rings. The summed E-state index contributed by atoms with van der Waals surface area (Å²) in [5.41, 5.74) is 2.65. The fourth-order valence-electron chi connectivity index (χ4n) is 3.40. The van der Waals surface area contributed by atoms with E-state index in [4.69, 9.17) is 4.42 Å². The molecule has 0 spiro atoms. The summed E-state index contributed by atoms with van der Waals surface area (Å²) in [7, 11) is 0. The van der Waals surface area contributed by atoms with Gasteiger partial charge in [-0.3, -0.25) is 9.78 Å². The Hall–Kier alpha value is -2.62. The molecule has 0 aliphatic carbocycles. The van der Waals surface area contributed by atoms with E-state index >= 15 is 0 Å². The van der Waals surface area contributed by atoms with E-state index in [2.05, 4.69) is 4.98 Å². The van der Waals surface area contributed by atoms with Crippen molar-refractivity contribution in [1.82, 2.24) is 9.88 Å². The van der Waals surface area contributed by atoms with Gasteiger partial charge in [-0.15, -0.1) is 0 Å². The first kappa shape index (κ1) is 14.0. The van der Waals surface area contributed by atoms with Crippen molar-refractivity contribution in [1.29, 1.82) is 0 Å². The Balaban J connectivity index is 1.66. The van der Waals surface area contributed by atoms with Crippen molar-refractivity contribution in [3.8, 4) is 0 Å². The van der Waals surface area contributed by atoms with Gasteiger partial charge < -0.3 is 9.32 Å². The highest BCUT2D eigenvalue weighted by Gasteiger charge is 2.30. The van der Waals surface area contributed by atoms with Crippen LogP contribution in [0.25, 0.3) is 11.0 Å². The Labute approximate surface area is 134 Å². The molecule has 1 aromatic carbocycles. The van der Waals surface area contributed by atoms with Gasteiger partial charge in [0.25, 0.3) is 5.91 Å². The second-order valence-electron chi connectivity index (χ2n) is 6.05. The Kier molecular flexibility index (Phi) is 3.37. The molecule has 1 amide bonds. The standard InChI is InChI=1S/C19H18N2O2/c1-13-10-16-11-14(6-7-18(16)23-13)19(22)21-9-3-5-17(21)15-4-2-8-20-12-15/h2,4,6-8,10-12,17H,3,5,9H2,1H3. The third kappa shape index (κ3) is 2.50. The van der Waals surface area contributed by atoms with Crippen LogP contribution >= 0.6 is 0 Å². The van der Waals surface area contributed by atoms with Gasteiger partial charge in [-0.1, -0.05) is 6.07 Å². The number of aromatic nitrogens is 1. The molecule has 1 aliphatic rings. The van der Waals surface area contributed by atoms with Crippen LogP contribution in [0.4, 0.5) is 0 Å². The first-order chi connectivity index (χ1) is 11.2. The van der Waals surface area contributed by atoms with Crippen molar-refractivity contribution >= 4 is 16.9 Å². The van der Waals surface area contributed by atoms with Gasteiger partial charge in [0.15, 0.2) is 0 Å². The summed E-state index contributed by atoms with van der Waals surface area (Å²) in [5.74, 6) is 0.941.